The lowest BCUT2D eigenvalue weighted by Crippen LogP contribution is -2.30. The van der Waals surface area contributed by atoms with Gasteiger partial charge in [-0.25, -0.2) is 0 Å². The minimum absolute atomic E-state index is 0.569. The molecule has 84 valence electrons. The van der Waals surface area contributed by atoms with Gasteiger partial charge in [-0.2, -0.15) is 11.8 Å². The Kier molecular flexibility index (Phi) is 5.20. The number of thioether (sulfide) groups is 1. The molecule has 0 aromatic heterocycles. The summed E-state index contributed by atoms with van der Waals surface area (Å²) in [4.78, 5) is 0. The molecule has 0 fully saturated rings. The summed E-state index contributed by atoms with van der Waals surface area (Å²) in [5, 5.41) is 3.94. The van der Waals surface area contributed by atoms with Gasteiger partial charge in [-0.3, -0.25) is 0 Å². The summed E-state index contributed by atoms with van der Waals surface area (Å²) in [6.45, 7) is 6.70. The molecule has 2 unspecified atom stereocenters. The van der Waals surface area contributed by atoms with Crippen molar-refractivity contribution in [3.8, 4) is 0 Å². The van der Waals surface area contributed by atoms with Crippen molar-refractivity contribution >= 4 is 11.8 Å². The molecule has 1 rings (SSSR count). The van der Waals surface area contributed by atoms with Gasteiger partial charge in [-0.15, -0.1) is 0 Å². The smallest absolute Gasteiger partial charge is 0.0190 e. The van der Waals surface area contributed by atoms with Crippen molar-refractivity contribution < 1.29 is 0 Å². The van der Waals surface area contributed by atoms with Crippen LogP contribution in [-0.2, 0) is 5.75 Å². The van der Waals surface area contributed by atoms with Crippen molar-refractivity contribution in [2.24, 2.45) is 0 Å². The molecule has 0 amide bonds. The third kappa shape index (κ3) is 3.88. The molecule has 2 heteroatoms. The molecule has 0 spiro atoms. The molecule has 0 aliphatic carbocycles. The van der Waals surface area contributed by atoms with E-state index in [1.807, 2.05) is 18.8 Å². The number of hydrogen-bond donors (Lipinski definition) is 1. The van der Waals surface area contributed by atoms with E-state index in [1.54, 1.807) is 0 Å². The van der Waals surface area contributed by atoms with Crippen molar-refractivity contribution in [3.05, 3.63) is 35.4 Å². The molecule has 1 aromatic rings. The maximum atomic E-state index is 3.29. The van der Waals surface area contributed by atoms with Gasteiger partial charge < -0.3 is 5.32 Å². The normalized spacial score (nSPS) is 14.9. The average molecular weight is 223 g/mol. The van der Waals surface area contributed by atoms with Gasteiger partial charge in [0.05, 0.1) is 0 Å². The van der Waals surface area contributed by atoms with Gasteiger partial charge in [-0.1, -0.05) is 31.2 Å². The van der Waals surface area contributed by atoms with Crippen LogP contribution < -0.4 is 5.32 Å². The zero-order chi connectivity index (χ0) is 11.3. The second-order valence-electron chi connectivity index (χ2n) is 4.02. The maximum Gasteiger partial charge on any atom is 0.0190 e. The Morgan fingerprint density at radius 1 is 1.27 bits per heavy atom. The summed E-state index contributed by atoms with van der Waals surface area (Å²) in [7, 11) is 2.02. The van der Waals surface area contributed by atoms with Crippen LogP contribution >= 0.6 is 11.8 Å². The molecule has 1 N–H and O–H groups in total. The van der Waals surface area contributed by atoms with Crippen LogP contribution in [0.3, 0.4) is 0 Å². The van der Waals surface area contributed by atoms with E-state index < -0.39 is 0 Å². The van der Waals surface area contributed by atoms with Crippen LogP contribution in [-0.4, -0.2) is 18.3 Å². The molecule has 0 aliphatic heterocycles. The zero-order valence-corrected chi connectivity index (χ0v) is 10.9. The fourth-order valence-electron chi connectivity index (χ4n) is 1.37. The summed E-state index contributed by atoms with van der Waals surface area (Å²) >= 11 is 2.01. The first-order valence-corrected chi connectivity index (χ1v) is 6.53. The molecule has 15 heavy (non-hydrogen) atoms. The summed E-state index contributed by atoms with van der Waals surface area (Å²) in [6.07, 6.45) is 0. The molecular formula is C13H21NS. The van der Waals surface area contributed by atoms with E-state index in [4.69, 9.17) is 0 Å². The minimum Gasteiger partial charge on any atom is -0.316 e. The Hall–Kier alpha value is -0.470. The van der Waals surface area contributed by atoms with Crippen molar-refractivity contribution in [2.45, 2.75) is 37.8 Å². The molecule has 1 aromatic carbocycles. The SMILES string of the molecule is CNC(C)C(C)SCc1ccccc1C. The first kappa shape index (κ1) is 12.6. The second-order valence-corrected chi connectivity index (χ2v) is 5.39. The first-order valence-electron chi connectivity index (χ1n) is 5.48. The molecule has 0 saturated carbocycles. The standard InChI is InChI=1S/C13H21NS/c1-10-7-5-6-8-13(10)9-15-12(3)11(2)14-4/h5-8,11-12,14H,9H2,1-4H3. The number of hydrogen-bond acceptors (Lipinski definition) is 2. The lowest BCUT2D eigenvalue weighted by Gasteiger charge is -2.19. The summed E-state index contributed by atoms with van der Waals surface area (Å²) in [5.74, 6) is 1.11. The third-order valence-electron chi connectivity index (χ3n) is 2.92. The van der Waals surface area contributed by atoms with Crippen molar-refractivity contribution in [1.29, 1.82) is 0 Å². The summed E-state index contributed by atoms with van der Waals surface area (Å²) < 4.78 is 0. The van der Waals surface area contributed by atoms with Gasteiger partial charge in [0.1, 0.15) is 0 Å². The molecule has 0 aliphatic rings. The average Bonchev–Trinajstić information content (AvgIpc) is 2.26. The molecule has 0 radical (unpaired) electrons. The largest absolute Gasteiger partial charge is 0.316 e. The molecular weight excluding hydrogens is 202 g/mol. The zero-order valence-electron chi connectivity index (χ0n) is 10.1. The topological polar surface area (TPSA) is 12.0 Å². The molecule has 0 heterocycles. The minimum atomic E-state index is 0.569. The highest BCUT2D eigenvalue weighted by Crippen LogP contribution is 2.21. The van der Waals surface area contributed by atoms with E-state index in [0.717, 1.165) is 5.75 Å². The van der Waals surface area contributed by atoms with Gasteiger partial charge in [0.15, 0.2) is 0 Å². The van der Waals surface area contributed by atoms with E-state index in [-0.39, 0.29) is 0 Å². The Bertz CT molecular complexity index is 298. The second kappa shape index (κ2) is 6.19. The number of nitrogens with one attached hydrogen (secondary N) is 1. The van der Waals surface area contributed by atoms with Crippen molar-refractivity contribution in [1.82, 2.24) is 5.32 Å². The van der Waals surface area contributed by atoms with Crippen LogP contribution in [0.1, 0.15) is 25.0 Å². The van der Waals surface area contributed by atoms with E-state index >= 15 is 0 Å². The van der Waals surface area contributed by atoms with E-state index in [0.29, 0.717) is 11.3 Å². The predicted octanol–water partition coefficient (Wildman–Crippen LogP) is 3.22. The number of aryl methyl sites for hydroxylation is 1. The summed E-state index contributed by atoms with van der Waals surface area (Å²) in [5.41, 5.74) is 2.85. The fraction of sp³-hybridized carbons (Fsp3) is 0.538. The van der Waals surface area contributed by atoms with Crippen LogP contribution in [0.5, 0.6) is 0 Å². The van der Waals surface area contributed by atoms with Crippen molar-refractivity contribution in [3.63, 3.8) is 0 Å². The lowest BCUT2D eigenvalue weighted by atomic mass is 10.1. The van der Waals surface area contributed by atoms with Crippen LogP contribution in [0, 0.1) is 6.92 Å². The lowest BCUT2D eigenvalue weighted by molar-refractivity contribution is 0.605. The molecule has 0 bridgehead atoms. The Labute approximate surface area is 97.7 Å². The first-order chi connectivity index (χ1) is 7.15. The monoisotopic (exact) mass is 223 g/mol. The van der Waals surface area contributed by atoms with Crippen LogP contribution in [0.15, 0.2) is 24.3 Å². The Balaban J connectivity index is 2.47. The highest BCUT2D eigenvalue weighted by atomic mass is 32.2. The van der Waals surface area contributed by atoms with Gasteiger partial charge >= 0.3 is 0 Å². The Morgan fingerprint density at radius 2 is 1.93 bits per heavy atom. The maximum absolute atomic E-state index is 3.29. The van der Waals surface area contributed by atoms with Crippen LogP contribution in [0.25, 0.3) is 0 Å². The van der Waals surface area contributed by atoms with Gasteiger partial charge in [-0.05, 0) is 32.0 Å². The number of rotatable bonds is 5. The fourth-order valence-corrected chi connectivity index (χ4v) is 2.56. The van der Waals surface area contributed by atoms with E-state index in [2.05, 4.69) is 50.4 Å². The van der Waals surface area contributed by atoms with Gasteiger partial charge in [0.25, 0.3) is 0 Å². The van der Waals surface area contributed by atoms with Gasteiger partial charge in [0.2, 0.25) is 0 Å². The van der Waals surface area contributed by atoms with Crippen LogP contribution in [0.2, 0.25) is 0 Å². The number of benzene rings is 1. The molecule has 1 nitrogen and oxygen atoms in total. The van der Waals surface area contributed by atoms with Crippen LogP contribution in [0.4, 0.5) is 0 Å². The van der Waals surface area contributed by atoms with E-state index in [1.165, 1.54) is 11.1 Å². The highest BCUT2D eigenvalue weighted by molar-refractivity contribution is 7.99. The summed E-state index contributed by atoms with van der Waals surface area (Å²) in [6, 6.07) is 9.19. The Morgan fingerprint density at radius 3 is 2.53 bits per heavy atom. The quantitative estimate of drug-likeness (QED) is 0.822. The molecule has 2 atom stereocenters. The van der Waals surface area contributed by atoms with Gasteiger partial charge in [0, 0.05) is 17.0 Å². The highest BCUT2D eigenvalue weighted by Gasteiger charge is 2.10. The van der Waals surface area contributed by atoms with E-state index in [9.17, 15) is 0 Å². The molecule has 0 saturated heterocycles. The van der Waals surface area contributed by atoms with Crippen molar-refractivity contribution in [2.75, 3.05) is 7.05 Å². The predicted molar refractivity (Wildman–Crippen MR) is 70.5 cm³/mol. The third-order valence-corrected chi connectivity index (χ3v) is 4.33.